The van der Waals surface area contributed by atoms with E-state index < -0.39 is 0 Å². The van der Waals surface area contributed by atoms with Gasteiger partial charge in [-0.05, 0) is 31.7 Å². The fourth-order valence-corrected chi connectivity index (χ4v) is 1.98. The summed E-state index contributed by atoms with van der Waals surface area (Å²) in [6.07, 6.45) is 8.24. The lowest BCUT2D eigenvalue weighted by atomic mass is 9.92. The predicted molar refractivity (Wildman–Crippen MR) is 55.8 cm³/mol. The van der Waals surface area contributed by atoms with Crippen LogP contribution in [0.2, 0.25) is 0 Å². The molecule has 2 rings (SSSR count). The number of furan rings is 1. The molecule has 3 heteroatoms. The second kappa shape index (κ2) is 4.62. The van der Waals surface area contributed by atoms with Crippen molar-refractivity contribution in [2.24, 2.45) is 5.73 Å². The predicted octanol–water partition coefficient (Wildman–Crippen LogP) is 1.64. The standard InChI is InChI=1S/C11H18N2O/c12-10-1-3-11(4-2-10)13-7-9-5-6-14-8-9/h5-6,8,10-11,13H,1-4,7,12H2. The molecule has 3 N–H and O–H groups in total. The van der Waals surface area contributed by atoms with Crippen molar-refractivity contribution in [3.8, 4) is 0 Å². The van der Waals surface area contributed by atoms with E-state index in [0.29, 0.717) is 12.1 Å². The van der Waals surface area contributed by atoms with Gasteiger partial charge in [-0.25, -0.2) is 0 Å². The van der Waals surface area contributed by atoms with Gasteiger partial charge in [-0.2, -0.15) is 0 Å². The SMILES string of the molecule is NC1CCC(NCc2ccoc2)CC1. The second-order valence-electron chi connectivity index (χ2n) is 4.12. The molecule has 1 saturated carbocycles. The Hall–Kier alpha value is -0.800. The lowest BCUT2D eigenvalue weighted by Gasteiger charge is -2.26. The Morgan fingerprint density at radius 3 is 2.79 bits per heavy atom. The molecule has 0 aliphatic heterocycles. The van der Waals surface area contributed by atoms with Gasteiger partial charge < -0.3 is 15.5 Å². The minimum absolute atomic E-state index is 0.432. The van der Waals surface area contributed by atoms with Crippen LogP contribution in [0.15, 0.2) is 23.0 Å². The molecule has 0 amide bonds. The van der Waals surface area contributed by atoms with E-state index in [1.165, 1.54) is 18.4 Å². The Kier molecular flexibility index (Phi) is 3.22. The summed E-state index contributed by atoms with van der Waals surface area (Å²) in [5.41, 5.74) is 7.07. The molecule has 78 valence electrons. The van der Waals surface area contributed by atoms with E-state index in [0.717, 1.165) is 19.4 Å². The molecule has 1 aromatic rings. The lowest BCUT2D eigenvalue weighted by molar-refractivity contribution is 0.341. The van der Waals surface area contributed by atoms with Crippen LogP contribution >= 0.6 is 0 Å². The molecule has 1 heterocycles. The number of rotatable bonds is 3. The molecule has 1 aliphatic carbocycles. The van der Waals surface area contributed by atoms with E-state index in [1.54, 1.807) is 12.5 Å². The Morgan fingerprint density at radius 1 is 1.36 bits per heavy atom. The molecule has 14 heavy (non-hydrogen) atoms. The summed E-state index contributed by atoms with van der Waals surface area (Å²) >= 11 is 0. The molecule has 3 nitrogen and oxygen atoms in total. The molecule has 1 fully saturated rings. The summed E-state index contributed by atoms with van der Waals surface area (Å²) in [6, 6.07) is 3.08. The molecule has 1 aliphatic rings. The van der Waals surface area contributed by atoms with Gasteiger partial charge >= 0.3 is 0 Å². The molecule has 0 bridgehead atoms. The molecule has 0 saturated heterocycles. The number of nitrogens with two attached hydrogens (primary N) is 1. The zero-order valence-electron chi connectivity index (χ0n) is 8.41. The number of nitrogens with one attached hydrogen (secondary N) is 1. The summed E-state index contributed by atoms with van der Waals surface area (Å²) in [4.78, 5) is 0. The first-order chi connectivity index (χ1) is 6.84. The van der Waals surface area contributed by atoms with Crippen molar-refractivity contribution in [1.82, 2.24) is 5.32 Å². The van der Waals surface area contributed by atoms with Gasteiger partial charge in [-0.1, -0.05) is 0 Å². The largest absolute Gasteiger partial charge is 0.472 e. The highest BCUT2D eigenvalue weighted by Crippen LogP contribution is 2.17. The van der Waals surface area contributed by atoms with Gasteiger partial charge in [0.25, 0.3) is 0 Å². The second-order valence-corrected chi connectivity index (χ2v) is 4.12. The summed E-state index contributed by atoms with van der Waals surface area (Å²) in [5.74, 6) is 0. The average molecular weight is 194 g/mol. The molecule has 0 atom stereocenters. The maximum absolute atomic E-state index is 5.84. The molecule has 0 radical (unpaired) electrons. The van der Waals surface area contributed by atoms with Crippen LogP contribution in [0.4, 0.5) is 0 Å². The zero-order chi connectivity index (χ0) is 9.80. The van der Waals surface area contributed by atoms with Gasteiger partial charge in [-0.15, -0.1) is 0 Å². The number of hydrogen-bond donors (Lipinski definition) is 2. The third kappa shape index (κ3) is 2.59. The smallest absolute Gasteiger partial charge is 0.0947 e. The Morgan fingerprint density at radius 2 is 2.14 bits per heavy atom. The molecule has 0 aromatic carbocycles. The summed E-state index contributed by atoms with van der Waals surface area (Å²) in [7, 11) is 0. The van der Waals surface area contributed by atoms with Crippen LogP contribution in [0, 0.1) is 0 Å². The van der Waals surface area contributed by atoms with Crippen molar-refractivity contribution in [3.05, 3.63) is 24.2 Å². The van der Waals surface area contributed by atoms with E-state index in [2.05, 4.69) is 5.32 Å². The van der Waals surface area contributed by atoms with E-state index >= 15 is 0 Å². The van der Waals surface area contributed by atoms with Gasteiger partial charge in [0, 0.05) is 24.2 Å². The van der Waals surface area contributed by atoms with Crippen LogP contribution in [0.1, 0.15) is 31.2 Å². The highest BCUT2D eigenvalue weighted by Gasteiger charge is 2.17. The van der Waals surface area contributed by atoms with Crippen LogP contribution in [-0.2, 0) is 6.54 Å². The zero-order valence-corrected chi connectivity index (χ0v) is 8.41. The molecule has 0 spiro atoms. The van der Waals surface area contributed by atoms with Crippen LogP contribution < -0.4 is 11.1 Å². The fraction of sp³-hybridized carbons (Fsp3) is 0.636. The highest BCUT2D eigenvalue weighted by molar-refractivity contribution is 5.04. The first kappa shape index (κ1) is 9.74. The first-order valence-corrected chi connectivity index (χ1v) is 5.34. The van der Waals surface area contributed by atoms with Gasteiger partial charge in [0.1, 0.15) is 0 Å². The first-order valence-electron chi connectivity index (χ1n) is 5.34. The van der Waals surface area contributed by atoms with E-state index in [-0.39, 0.29) is 0 Å². The number of hydrogen-bond acceptors (Lipinski definition) is 3. The quantitative estimate of drug-likeness (QED) is 0.769. The van der Waals surface area contributed by atoms with Crippen molar-refractivity contribution in [2.75, 3.05) is 0 Å². The fourth-order valence-electron chi connectivity index (χ4n) is 1.98. The van der Waals surface area contributed by atoms with E-state index in [1.807, 2.05) is 6.07 Å². The maximum Gasteiger partial charge on any atom is 0.0947 e. The van der Waals surface area contributed by atoms with Crippen molar-refractivity contribution < 1.29 is 4.42 Å². The molecular formula is C11H18N2O. The Balaban J connectivity index is 1.71. The van der Waals surface area contributed by atoms with Crippen molar-refractivity contribution in [1.29, 1.82) is 0 Å². The summed E-state index contributed by atoms with van der Waals surface area (Å²) in [5, 5.41) is 3.53. The van der Waals surface area contributed by atoms with Crippen LogP contribution in [0.25, 0.3) is 0 Å². The molecule has 1 aromatic heterocycles. The van der Waals surface area contributed by atoms with Crippen LogP contribution in [0.3, 0.4) is 0 Å². The molecule has 0 unspecified atom stereocenters. The Labute approximate surface area is 84.7 Å². The van der Waals surface area contributed by atoms with Crippen molar-refractivity contribution >= 4 is 0 Å². The van der Waals surface area contributed by atoms with Crippen molar-refractivity contribution in [3.63, 3.8) is 0 Å². The summed E-state index contributed by atoms with van der Waals surface area (Å²) < 4.78 is 5.01. The minimum Gasteiger partial charge on any atom is -0.472 e. The maximum atomic E-state index is 5.84. The van der Waals surface area contributed by atoms with E-state index in [4.69, 9.17) is 10.2 Å². The van der Waals surface area contributed by atoms with Gasteiger partial charge in [0.15, 0.2) is 0 Å². The minimum atomic E-state index is 0.432. The highest BCUT2D eigenvalue weighted by atomic mass is 16.3. The third-order valence-corrected chi connectivity index (χ3v) is 2.95. The molecular weight excluding hydrogens is 176 g/mol. The topological polar surface area (TPSA) is 51.2 Å². The van der Waals surface area contributed by atoms with E-state index in [9.17, 15) is 0 Å². The third-order valence-electron chi connectivity index (χ3n) is 2.95. The van der Waals surface area contributed by atoms with Gasteiger partial charge in [0.2, 0.25) is 0 Å². The van der Waals surface area contributed by atoms with Crippen LogP contribution in [-0.4, -0.2) is 12.1 Å². The van der Waals surface area contributed by atoms with Gasteiger partial charge in [0.05, 0.1) is 12.5 Å². The Bertz CT molecular complexity index is 250. The monoisotopic (exact) mass is 194 g/mol. The van der Waals surface area contributed by atoms with Crippen LogP contribution in [0.5, 0.6) is 0 Å². The van der Waals surface area contributed by atoms with Crippen molar-refractivity contribution in [2.45, 2.75) is 44.3 Å². The van der Waals surface area contributed by atoms with Gasteiger partial charge in [-0.3, -0.25) is 0 Å². The average Bonchev–Trinajstić information content (AvgIpc) is 2.70. The normalized spacial score (nSPS) is 27.8. The summed E-state index contributed by atoms with van der Waals surface area (Å²) in [6.45, 7) is 0.913. The lowest BCUT2D eigenvalue weighted by Crippen LogP contribution is -2.36.